The summed E-state index contributed by atoms with van der Waals surface area (Å²) in [6.07, 6.45) is 3.75. The Labute approximate surface area is 205 Å². The Kier molecular flexibility index (Phi) is 4.38. The van der Waals surface area contributed by atoms with Crippen molar-refractivity contribution in [3.05, 3.63) is 64.6 Å². The molecule has 180 valence electrons. The number of carbonyl (C=O) groups is 1. The van der Waals surface area contributed by atoms with Gasteiger partial charge in [-0.15, -0.1) is 10.2 Å². The number of alkyl halides is 1. The van der Waals surface area contributed by atoms with Gasteiger partial charge in [0.1, 0.15) is 17.5 Å². The van der Waals surface area contributed by atoms with Crippen LogP contribution in [0.5, 0.6) is 0 Å². The van der Waals surface area contributed by atoms with E-state index in [1.165, 1.54) is 12.3 Å². The maximum Gasteiger partial charge on any atom is 0.260 e. The molecule has 35 heavy (non-hydrogen) atoms. The Hall–Kier alpha value is -3.07. The van der Waals surface area contributed by atoms with E-state index in [0.717, 1.165) is 48.8 Å². The number of amides is 1. The molecule has 7 rings (SSSR count). The van der Waals surface area contributed by atoms with E-state index in [1.807, 2.05) is 22.8 Å². The van der Waals surface area contributed by atoms with Crippen LogP contribution < -0.4 is 4.90 Å². The quantitative estimate of drug-likeness (QED) is 0.544. The van der Waals surface area contributed by atoms with Crippen LogP contribution in [0.25, 0.3) is 5.69 Å². The molecule has 1 saturated heterocycles. The smallest absolute Gasteiger partial charge is 0.260 e. The van der Waals surface area contributed by atoms with Gasteiger partial charge in [-0.1, -0.05) is 11.6 Å². The highest BCUT2D eigenvalue weighted by molar-refractivity contribution is 6.30. The number of hydrogen-bond acceptors (Lipinski definition) is 5. The van der Waals surface area contributed by atoms with E-state index in [9.17, 15) is 13.6 Å². The molecule has 3 aromatic rings. The fraction of sp³-hybridized carbons (Fsp3) is 0.440. The molecule has 4 heterocycles. The summed E-state index contributed by atoms with van der Waals surface area (Å²) in [5.74, 6) is 1.75. The average molecular weight is 497 g/mol. The molecule has 0 radical (unpaired) electrons. The highest BCUT2D eigenvalue weighted by Crippen LogP contribution is 2.56. The highest BCUT2D eigenvalue weighted by atomic mass is 35.5. The normalized spacial score (nSPS) is 21.6. The third kappa shape index (κ3) is 3.35. The molecule has 0 N–H and O–H groups in total. The molecule has 1 aromatic carbocycles. The van der Waals surface area contributed by atoms with Gasteiger partial charge in [-0.05, 0) is 61.6 Å². The molecule has 2 aliphatic carbocycles. The number of anilines is 1. The van der Waals surface area contributed by atoms with Crippen molar-refractivity contribution in [1.82, 2.24) is 24.6 Å². The van der Waals surface area contributed by atoms with Crippen molar-refractivity contribution in [2.75, 3.05) is 18.0 Å². The maximum atomic E-state index is 14.7. The number of nitrogens with zero attached hydrogens (tertiary/aromatic N) is 6. The van der Waals surface area contributed by atoms with Crippen molar-refractivity contribution < 1.29 is 13.6 Å². The van der Waals surface area contributed by atoms with E-state index >= 15 is 0 Å². The van der Waals surface area contributed by atoms with Gasteiger partial charge in [-0.25, -0.2) is 13.8 Å². The lowest BCUT2D eigenvalue weighted by molar-refractivity contribution is -0.139. The number of halogens is 3. The molecular weight excluding hydrogens is 474 g/mol. The van der Waals surface area contributed by atoms with Gasteiger partial charge in [0.15, 0.2) is 11.5 Å². The van der Waals surface area contributed by atoms with Crippen molar-refractivity contribution in [2.24, 2.45) is 5.41 Å². The average Bonchev–Trinajstić information content (AvgIpc) is 3.45. The summed E-state index contributed by atoms with van der Waals surface area (Å²) in [4.78, 5) is 20.8. The minimum absolute atomic E-state index is 0.204. The zero-order valence-electron chi connectivity index (χ0n) is 18.9. The zero-order valence-corrected chi connectivity index (χ0v) is 19.7. The molecule has 2 aliphatic heterocycles. The van der Waals surface area contributed by atoms with E-state index < -0.39 is 11.6 Å². The summed E-state index contributed by atoms with van der Waals surface area (Å²) in [5.41, 5.74) is 0.221. The van der Waals surface area contributed by atoms with Gasteiger partial charge in [0.25, 0.3) is 5.91 Å². The van der Waals surface area contributed by atoms with Crippen molar-refractivity contribution in [3.8, 4) is 5.69 Å². The van der Waals surface area contributed by atoms with Crippen molar-refractivity contribution in [2.45, 2.75) is 50.4 Å². The second kappa shape index (κ2) is 7.22. The van der Waals surface area contributed by atoms with Crippen molar-refractivity contribution >= 4 is 23.3 Å². The van der Waals surface area contributed by atoms with E-state index in [1.54, 1.807) is 11.0 Å². The minimum Gasteiger partial charge on any atom is -0.355 e. The van der Waals surface area contributed by atoms with Crippen LogP contribution in [0.15, 0.2) is 36.5 Å². The third-order valence-electron chi connectivity index (χ3n) is 7.90. The lowest BCUT2D eigenvalue weighted by Crippen LogP contribution is -2.62. The Balaban J connectivity index is 1.15. The monoisotopic (exact) mass is 496 g/mol. The molecule has 0 atom stereocenters. The maximum absolute atomic E-state index is 14.7. The lowest BCUT2D eigenvalue weighted by Gasteiger charge is -2.59. The molecule has 0 unspecified atom stereocenters. The van der Waals surface area contributed by atoms with Gasteiger partial charge in [-0.3, -0.25) is 9.36 Å². The van der Waals surface area contributed by atoms with Gasteiger partial charge in [0.05, 0.1) is 18.4 Å². The van der Waals surface area contributed by atoms with Crippen LogP contribution in [0.3, 0.4) is 0 Å². The predicted molar refractivity (Wildman–Crippen MR) is 125 cm³/mol. The summed E-state index contributed by atoms with van der Waals surface area (Å²) in [5, 5.41) is 9.56. The van der Waals surface area contributed by atoms with Gasteiger partial charge in [-0.2, -0.15) is 0 Å². The van der Waals surface area contributed by atoms with Gasteiger partial charge in [0.2, 0.25) is 0 Å². The van der Waals surface area contributed by atoms with Crippen LogP contribution in [0, 0.1) is 11.2 Å². The van der Waals surface area contributed by atoms with Crippen LogP contribution >= 0.6 is 11.6 Å². The minimum atomic E-state index is -1.74. The largest absolute Gasteiger partial charge is 0.355 e. The summed E-state index contributed by atoms with van der Waals surface area (Å²) in [7, 11) is 0. The highest BCUT2D eigenvalue weighted by Gasteiger charge is 2.55. The first-order valence-electron chi connectivity index (χ1n) is 11.9. The number of aromatic nitrogens is 4. The zero-order chi connectivity index (χ0) is 23.9. The number of carbonyl (C=O) groups excluding carboxylic acids is 1. The van der Waals surface area contributed by atoms with E-state index in [2.05, 4.69) is 20.1 Å². The Morgan fingerprint density at radius 2 is 1.89 bits per heavy atom. The number of pyridine rings is 1. The van der Waals surface area contributed by atoms with Crippen molar-refractivity contribution in [3.63, 3.8) is 0 Å². The van der Waals surface area contributed by atoms with Gasteiger partial charge in [0, 0.05) is 36.0 Å². The SMILES string of the molecule is O=C(N1Cc2cc(Cl)ccc2-n2c(nnc2C2CC3(C2)CN(c2ccc(F)cn2)C3)C1)C1(F)CC1. The van der Waals surface area contributed by atoms with E-state index in [4.69, 9.17) is 11.6 Å². The summed E-state index contributed by atoms with van der Waals surface area (Å²) < 4.78 is 29.9. The standard InChI is InChI=1S/C25H23ClF2N6O/c26-17-1-3-19-15(7-17)11-32(23(35)25(28)5-6-25)12-21-30-31-22(34(19)21)16-8-24(9-16)13-33(14-24)20-4-2-18(27)10-29-20/h1-4,7,10,16H,5-6,8-9,11-14H2. The summed E-state index contributed by atoms with van der Waals surface area (Å²) >= 11 is 6.29. The van der Waals surface area contributed by atoms with Gasteiger partial charge < -0.3 is 9.80 Å². The number of rotatable bonds is 3. The van der Waals surface area contributed by atoms with Gasteiger partial charge >= 0.3 is 0 Å². The molecule has 2 aromatic heterocycles. The molecule has 4 aliphatic rings. The first-order chi connectivity index (χ1) is 16.8. The van der Waals surface area contributed by atoms with Crippen LogP contribution in [-0.2, 0) is 17.9 Å². The second-order valence-corrected chi connectivity index (χ2v) is 10.9. The predicted octanol–water partition coefficient (Wildman–Crippen LogP) is 4.18. The Morgan fingerprint density at radius 3 is 2.60 bits per heavy atom. The lowest BCUT2D eigenvalue weighted by atomic mass is 9.57. The molecule has 1 spiro atoms. The number of hydrogen-bond donors (Lipinski definition) is 0. The molecule has 2 saturated carbocycles. The van der Waals surface area contributed by atoms with E-state index in [-0.39, 0.29) is 43.1 Å². The Morgan fingerprint density at radius 1 is 1.09 bits per heavy atom. The fourth-order valence-electron chi connectivity index (χ4n) is 5.95. The topological polar surface area (TPSA) is 67.2 Å². The first-order valence-corrected chi connectivity index (χ1v) is 12.3. The molecule has 7 nitrogen and oxygen atoms in total. The molecule has 1 amide bonds. The third-order valence-corrected chi connectivity index (χ3v) is 8.14. The molecule has 10 heteroatoms. The number of fused-ring (bicyclic) bond motifs is 3. The van der Waals surface area contributed by atoms with Crippen LogP contribution in [0.1, 0.15) is 48.8 Å². The van der Waals surface area contributed by atoms with Crippen LogP contribution in [0.2, 0.25) is 5.02 Å². The first kappa shape index (κ1) is 21.2. The molecule has 3 fully saturated rings. The molecule has 0 bridgehead atoms. The van der Waals surface area contributed by atoms with E-state index in [0.29, 0.717) is 10.8 Å². The van der Waals surface area contributed by atoms with Crippen LogP contribution in [0.4, 0.5) is 14.6 Å². The summed E-state index contributed by atoms with van der Waals surface area (Å²) in [6, 6.07) is 8.76. The summed E-state index contributed by atoms with van der Waals surface area (Å²) in [6.45, 7) is 2.27. The second-order valence-electron chi connectivity index (χ2n) is 10.5. The van der Waals surface area contributed by atoms with Crippen molar-refractivity contribution in [1.29, 1.82) is 0 Å². The number of benzene rings is 1. The molecular formula is C25H23ClF2N6O. The Bertz CT molecular complexity index is 1340. The van der Waals surface area contributed by atoms with Crippen LogP contribution in [-0.4, -0.2) is 49.3 Å². The fourth-order valence-corrected chi connectivity index (χ4v) is 6.14.